The van der Waals surface area contributed by atoms with Crippen molar-refractivity contribution in [1.82, 2.24) is 0 Å². The van der Waals surface area contributed by atoms with E-state index in [1.165, 1.54) is 0 Å². The van der Waals surface area contributed by atoms with E-state index in [-0.39, 0.29) is 0 Å². The maximum Gasteiger partial charge on any atom is 0.139 e. The molecule has 0 heterocycles. The average molecular weight is 211 g/mol. The molecule has 0 aromatic heterocycles. The molecule has 1 aromatic carbocycles. The van der Waals surface area contributed by atoms with Gasteiger partial charge in [0.15, 0.2) is 0 Å². The van der Waals surface area contributed by atoms with Crippen molar-refractivity contribution in [3.8, 4) is 0 Å². The minimum Gasteiger partial charge on any atom is -0.395 e. The summed E-state index contributed by atoms with van der Waals surface area (Å²) >= 11 is 5.72. The lowest BCUT2D eigenvalue weighted by Gasteiger charge is -1.95. The Morgan fingerprint density at radius 3 is 2.71 bits per heavy atom. The Hall–Kier alpha value is -1.02. The maximum absolute atomic E-state index is 5.72. The Morgan fingerprint density at radius 1 is 1.36 bits per heavy atom. The third-order valence-corrected chi connectivity index (χ3v) is 1.92. The highest BCUT2D eigenvalue weighted by Gasteiger charge is 1.89. The third-order valence-electron chi connectivity index (χ3n) is 1.67. The number of rotatable bonds is 5. The van der Waals surface area contributed by atoms with Crippen molar-refractivity contribution in [2.24, 2.45) is 5.16 Å². The van der Waals surface area contributed by atoms with Crippen LogP contribution in [0.4, 0.5) is 0 Å². The van der Waals surface area contributed by atoms with Crippen molar-refractivity contribution >= 4 is 17.8 Å². The molecule has 0 aliphatic rings. The Bertz CT molecular complexity index is 282. The van der Waals surface area contributed by atoms with Gasteiger partial charge < -0.3 is 4.84 Å². The van der Waals surface area contributed by atoms with Crippen molar-refractivity contribution < 1.29 is 4.84 Å². The molecule has 2 nitrogen and oxygen atoms in total. The summed E-state index contributed by atoms with van der Waals surface area (Å²) in [6.45, 7) is 2.76. The van der Waals surface area contributed by atoms with Crippen LogP contribution in [0.3, 0.4) is 0 Å². The molecule has 0 spiro atoms. The molecule has 0 saturated heterocycles. The van der Waals surface area contributed by atoms with Crippen LogP contribution in [0, 0.1) is 0 Å². The minimum absolute atomic E-state index is 0.650. The molecular formula is C11H13ClNO. The van der Waals surface area contributed by atoms with E-state index in [9.17, 15) is 0 Å². The summed E-state index contributed by atoms with van der Waals surface area (Å²) in [5.41, 5.74) is 0.867. The van der Waals surface area contributed by atoms with E-state index in [4.69, 9.17) is 16.4 Å². The van der Waals surface area contributed by atoms with Crippen molar-refractivity contribution in [3.63, 3.8) is 0 Å². The number of hydrogen-bond acceptors (Lipinski definition) is 2. The van der Waals surface area contributed by atoms with Gasteiger partial charge in [0.1, 0.15) is 12.8 Å². The molecule has 1 rings (SSSR count). The van der Waals surface area contributed by atoms with Gasteiger partial charge in [0, 0.05) is 10.6 Å². The zero-order valence-electron chi connectivity index (χ0n) is 8.16. The number of nitrogens with zero attached hydrogens (tertiary/aromatic N) is 1. The molecule has 0 bridgehead atoms. The van der Waals surface area contributed by atoms with Gasteiger partial charge in [0.2, 0.25) is 0 Å². The van der Waals surface area contributed by atoms with Crippen LogP contribution in [-0.4, -0.2) is 12.8 Å². The highest BCUT2D eigenvalue weighted by molar-refractivity contribution is 6.30. The lowest BCUT2D eigenvalue weighted by Crippen LogP contribution is -1.87. The van der Waals surface area contributed by atoms with E-state index in [0.717, 1.165) is 18.4 Å². The first-order chi connectivity index (χ1) is 6.83. The SMILES string of the molecule is CCCCO/N=[C]\c1ccc(Cl)cc1. The van der Waals surface area contributed by atoms with Gasteiger partial charge >= 0.3 is 0 Å². The van der Waals surface area contributed by atoms with Crippen LogP contribution in [0.15, 0.2) is 29.4 Å². The van der Waals surface area contributed by atoms with Gasteiger partial charge in [-0.25, -0.2) is 0 Å². The molecule has 75 valence electrons. The number of benzene rings is 1. The van der Waals surface area contributed by atoms with E-state index in [2.05, 4.69) is 18.3 Å². The van der Waals surface area contributed by atoms with E-state index in [0.29, 0.717) is 11.6 Å². The fraction of sp³-hybridized carbons (Fsp3) is 0.364. The molecule has 0 fully saturated rings. The molecule has 1 aromatic rings. The standard InChI is InChI=1S/C11H13ClNO/c1-2-3-8-14-13-9-10-4-6-11(12)7-5-10/h4-7H,2-3,8H2,1H3. The topological polar surface area (TPSA) is 21.6 Å². The summed E-state index contributed by atoms with van der Waals surface area (Å²) in [7, 11) is 0. The normalized spacial score (nSPS) is 10.7. The Balaban J connectivity index is 2.33. The summed E-state index contributed by atoms with van der Waals surface area (Å²) in [5, 5.41) is 4.43. The molecule has 0 amide bonds. The number of hydrogen-bond donors (Lipinski definition) is 0. The predicted octanol–water partition coefficient (Wildman–Crippen LogP) is 3.37. The first-order valence-electron chi connectivity index (χ1n) is 4.66. The minimum atomic E-state index is 0.650. The predicted molar refractivity (Wildman–Crippen MR) is 58.8 cm³/mol. The van der Waals surface area contributed by atoms with Crippen LogP contribution in [0.2, 0.25) is 5.02 Å². The maximum atomic E-state index is 5.72. The Kier molecular flexibility index (Phi) is 5.08. The van der Waals surface area contributed by atoms with Crippen LogP contribution in [0.5, 0.6) is 0 Å². The first kappa shape index (κ1) is 11.1. The number of halogens is 1. The Labute approximate surface area is 89.5 Å². The van der Waals surface area contributed by atoms with E-state index < -0.39 is 0 Å². The second kappa shape index (κ2) is 6.44. The van der Waals surface area contributed by atoms with Gasteiger partial charge in [-0.1, -0.05) is 42.2 Å². The third kappa shape index (κ3) is 4.28. The van der Waals surface area contributed by atoms with E-state index in [1.807, 2.05) is 12.1 Å². The zero-order valence-corrected chi connectivity index (χ0v) is 8.92. The molecule has 1 radical (unpaired) electrons. The molecule has 0 aliphatic carbocycles. The summed E-state index contributed by atoms with van der Waals surface area (Å²) < 4.78 is 0. The van der Waals surface area contributed by atoms with Crippen molar-refractivity contribution in [2.75, 3.05) is 6.61 Å². The van der Waals surface area contributed by atoms with Gasteiger partial charge in [0.25, 0.3) is 0 Å². The zero-order chi connectivity index (χ0) is 10.2. The van der Waals surface area contributed by atoms with E-state index in [1.54, 1.807) is 12.1 Å². The molecule has 0 aliphatic heterocycles. The fourth-order valence-electron chi connectivity index (χ4n) is 0.864. The summed E-state index contributed by atoms with van der Waals surface area (Å²) in [6, 6.07) is 7.28. The summed E-state index contributed by atoms with van der Waals surface area (Å²) in [6.07, 6.45) is 4.90. The van der Waals surface area contributed by atoms with Crippen molar-refractivity contribution in [3.05, 3.63) is 34.9 Å². The van der Waals surface area contributed by atoms with Gasteiger partial charge in [0.05, 0.1) is 0 Å². The Morgan fingerprint density at radius 2 is 2.07 bits per heavy atom. The van der Waals surface area contributed by atoms with Gasteiger partial charge in [-0.05, 0) is 18.6 Å². The van der Waals surface area contributed by atoms with Crippen LogP contribution in [0.1, 0.15) is 25.3 Å². The molecule has 0 unspecified atom stereocenters. The number of unbranched alkanes of at least 4 members (excludes halogenated alkanes) is 1. The molecule has 3 heteroatoms. The van der Waals surface area contributed by atoms with Gasteiger partial charge in [-0.2, -0.15) is 0 Å². The lowest BCUT2D eigenvalue weighted by molar-refractivity contribution is 0.143. The summed E-state index contributed by atoms with van der Waals surface area (Å²) in [4.78, 5) is 4.99. The molecule has 14 heavy (non-hydrogen) atoms. The monoisotopic (exact) mass is 210 g/mol. The highest BCUT2D eigenvalue weighted by Crippen LogP contribution is 2.07. The lowest BCUT2D eigenvalue weighted by atomic mass is 10.2. The smallest absolute Gasteiger partial charge is 0.139 e. The van der Waals surface area contributed by atoms with Crippen molar-refractivity contribution in [1.29, 1.82) is 0 Å². The van der Waals surface area contributed by atoms with Crippen LogP contribution in [-0.2, 0) is 4.84 Å². The molecular weight excluding hydrogens is 198 g/mol. The largest absolute Gasteiger partial charge is 0.395 e. The first-order valence-corrected chi connectivity index (χ1v) is 5.04. The quantitative estimate of drug-likeness (QED) is 0.415. The van der Waals surface area contributed by atoms with Crippen molar-refractivity contribution in [2.45, 2.75) is 19.8 Å². The van der Waals surface area contributed by atoms with Crippen LogP contribution in [0.25, 0.3) is 0 Å². The molecule has 0 atom stereocenters. The van der Waals surface area contributed by atoms with Gasteiger partial charge in [-0.15, -0.1) is 0 Å². The second-order valence-electron chi connectivity index (χ2n) is 2.90. The van der Waals surface area contributed by atoms with Crippen LogP contribution >= 0.6 is 11.6 Å². The van der Waals surface area contributed by atoms with E-state index >= 15 is 0 Å². The highest BCUT2D eigenvalue weighted by atomic mass is 35.5. The summed E-state index contributed by atoms with van der Waals surface area (Å²) in [5.74, 6) is 0. The second-order valence-corrected chi connectivity index (χ2v) is 3.33. The molecule has 0 N–H and O–H groups in total. The molecule has 0 saturated carbocycles. The van der Waals surface area contributed by atoms with Crippen LogP contribution < -0.4 is 0 Å². The average Bonchev–Trinajstić information content (AvgIpc) is 2.21. The fourth-order valence-corrected chi connectivity index (χ4v) is 0.990. The van der Waals surface area contributed by atoms with Gasteiger partial charge in [-0.3, -0.25) is 0 Å².